The minimum absolute atomic E-state index is 0.326. The van der Waals surface area contributed by atoms with Gasteiger partial charge in [-0.3, -0.25) is 0 Å². The van der Waals surface area contributed by atoms with Gasteiger partial charge in [-0.2, -0.15) is 0 Å². The van der Waals surface area contributed by atoms with Crippen molar-refractivity contribution < 1.29 is 0 Å². The monoisotopic (exact) mass is 318 g/mol. The van der Waals surface area contributed by atoms with E-state index in [9.17, 15) is 0 Å². The smallest absolute Gasteiger partial charge is 0.0410 e. The van der Waals surface area contributed by atoms with E-state index in [-0.39, 0.29) is 0 Å². The molecule has 1 aromatic carbocycles. The van der Waals surface area contributed by atoms with E-state index in [1.807, 2.05) is 6.07 Å². The molecule has 2 nitrogen and oxygen atoms in total. The second-order valence-electron chi connectivity index (χ2n) is 7.64. The molecule has 0 radical (unpaired) electrons. The average molecular weight is 319 g/mol. The van der Waals surface area contributed by atoms with Crippen LogP contribution >= 0.6 is 11.6 Å². The third-order valence-corrected chi connectivity index (χ3v) is 6.82. The van der Waals surface area contributed by atoms with Gasteiger partial charge < -0.3 is 10.2 Å². The van der Waals surface area contributed by atoms with Gasteiger partial charge in [-0.25, -0.2) is 0 Å². The molecule has 120 valence electrons. The molecule has 4 rings (SSSR count). The van der Waals surface area contributed by atoms with Gasteiger partial charge >= 0.3 is 0 Å². The van der Waals surface area contributed by atoms with Gasteiger partial charge in [-0.1, -0.05) is 24.4 Å². The number of hydrogen-bond acceptors (Lipinski definition) is 2. The zero-order valence-corrected chi connectivity index (χ0v) is 14.3. The topological polar surface area (TPSA) is 15.3 Å². The average Bonchev–Trinajstić information content (AvgIpc) is 3.17. The lowest BCUT2D eigenvalue weighted by molar-refractivity contribution is 0.0973. The minimum Gasteiger partial charge on any atom is -0.384 e. The van der Waals surface area contributed by atoms with Crippen LogP contribution in [0.1, 0.15) is 51.0 Å². The number of anilines is 1. The van der Waals surface area contributed by atoms with Crippen molar-refractivity contribution in [1.82, 2.24) is 4.90 Å². The lowest BCUT2D eigenvalue weighted by atomic mass is 9.74. The molecule has 1 aromatic rings. The molecule has 1 saturated heterocycles. The summed E-state index contributed by atoms with van der Waals surface area (Å²) < 4.78 is 0. The van der Waals surface area contributed by atoms with E-state index in [2.05, 4.69) is 29.3 Å². The van der Waals surface area contributed by atoms with Gasteiger partial charge in [0.1, 0.15) is 0 Å². The lowest BCUT2D eigenvalue weighted by Crippen LogP contribution is -2.48. The van der Waals surface area contributed by atoms with Crippen molar-refractivity contribution >= 4 is 17.3 Å². The summed E-state index contributed by atoms with van der Waals surface area (Å²) in [5.74, 6) is 0.942. The normalized spacial score (nSPS) is 26.1. The van der Waals surface area contributed by atoms with Crippen molar-refractivity contribution in [2.75, 3.05) is 25.0 Å². The molecule has 1 saturated carbocycles. The van der Waals surface area contributed by atoms with E-state index >= 15 is 0 Å². The Morgan fingerprint density at radius 2 is 1.95 bits per heavy atom. The second kappa shape index (κ2) is 5.72. The zero-order chi connectivity index (χ0) is 15.2. The Morgan fingerprint density at radius 1 is 1.23 bits per heavy atom. The van der Waals surface area contributed by atoms with Crippen LogP contribution in [-0.2, 0) is 5.41 Å². The maximum atomic E-state index is 6.25. The van der Waals surface area contributed by atoms with E-state index in [1.165, 1.54) is 62.9 Å². The number of benzene rings is 1. The van der Waals surface area contributed by atoms with Gasteiger partial charge in [0.15, 0.2) is 0 Å². The number of likely N-dealkylation sites (tertiary alicyclic amines) is 1. The molecule has 1 N–H and O–H groups in total. The fourth-order valence-electron chi connectivity index (χ4n) is 5.01. The summed E-state index contributed by atoms with van der Waals surface area (Å²) in [5, 5.41) is 4.49. The van der Waals surface area contributed by atoms with Gasteiger partial charge in [0, 0.05) is 28.7 Å². The maximum Gasteiger partial charge on any atom is 0.0410 e. The summed E-state index contributed by atoms with van der Waals surface area (Å²) >= 11 is 6.25. The predicted octanol–water partition coefficient (Wildman–Crippen LogP) is 4.68. The molecule has 1 unspecified atom stereocenters. The van der Waals surface area contributed by atoms with Crippen LogP contribution in [0.2, 0.25) is 5.02 Å². The predicted molar refractivity (Wildman–Crippen MR) is 93.8 cm³/mol. The van der Waals surface area contributed by atoms with Crippen molar-refractivity contribution in [2.24, 2.45) is 5.92 Å². The second-order valence-corrected chi connectivity index (χ2v) is 8.08. The fourth-order valence-corrected chi connectivity index (χ4v) is 5.18. The Balaban J connectivity index is 1.47. The molecule has 0 aromatic heterocycles. The highest BCUT2D eigenvalue weighted by Crippen LogP contribution is 2.45. The van der Waals surface area contributed by atoms with Crippen molar-refractivity contribution in [3.63, 3.8) is 0 Å². The van der Waals surface area contributed by atoms with Crippen LogP contribution in [0.5, 0.6) is 0 Å². The molecule has 1 spiro atoms. The summed E-state index contributed by atoms with van der Waals surface area (Å²) in [7, 11) is 0. The van der Waals surface area contributed by atoms with Crippen LogP contribution in [0, 0.1) is 5.92 Å². The highest BCUT2D eigenvalue weighted by Gasteiger charge is 2.42. The van der Waals surface area contributed by atoms with E-state index in [0.29, 0.717) is 5.41 Å². The summed E-state index contributed by atoms with van der Waals surface area (Å²) in [4.78, 5) is 2.75. The summed E-state index contributed by atoms with van der Waals surface area (Å²) in [6.45, 7) is 6.04. The Kier molecular flexibility index (Phi) is 3.86. The largest absolute Gasteiger partial charge is 0.384 e. The number of piperidine rings is 1. The van der Waals surface area contributed by atoms with Crippen LogP contribution in [0.3, 0.4) is 0 Å². The first kappa shape index (κ1) is 14.8. The molecule has 3 aliphatic rings. The van der Waals surface area contributed by atoms with Gasteiger partial charge in [-0.05, 0) is 75.4 Å². The molecule has 2 aliphatic heterocycles. The third-order valence-electron chi connectivity index (χ3n) is 6.58. The number of nitrogens with zero attached hydrogens (tertiary/aromatic N) is 1. The van der Waals surface area contributed by atoms with Crippen molar-refractivity contribution in [1.29, 1.82) is 0 Å². The molecular weight excluding hydrogens is 292 g/mol. The highest BCUT2D eigenvalue weighted by atomic mass is 35.5. The molecule has 22 heavy (non-hydrogen) atoms. The molecule has 3 heteroatoms. The Bertz CT molecular complexity index is 542. The number of nitrogens with one attached hydrogen (secondary N) is 1. The number of rotatable bonds is 2. The van der Waals surface area contributed by atoms with Crippen molar-refractivity contribution in [2.45, 2.75) is 56.9 Å². The van der Waals surface area contributed by atoms with Crippen molar-refractivity contribution in [3.05, 3.63) is 28.8 Å². The maximum absolute atomic E-state index is 6.25. The highest BCUT2D eigenvalue weighted by molar-refractivity contribution is 6.30. The quantitative estimate of drug-likeness (QED) is 0.852. The first-order valence-electron chi connectivity index (χ1n) is 8.96. The van der Waals surface area contributed by atoms with Gasteiger partial charge in [-0.15, -0.1) is 0 Å². The van der Waals surface area contributed by atoms with E-state index in [4.69, 9.17) is 11.6 Å². The number of halogens is 1. The molecular formula is C19H27ClN2. The van der Waals surface area contributed by atoms with Crippen LogP contribution in [0.15, 0.2) is 18.2 Å². The SMILES string of the molecule is CC(C1CCCC1)N1CCC2(CC1)CNc1ccc(Cl)cc12. The van der Waals surface area contributed by atoms with Gasteiger partial charge in [0.05, 0.1) is 0 Å². The number of fused-ring (bicyclic) bond motifs is 2. The first-order chi connectivity index (χ1) is 10.7. The van der Waals surface area contributed by atoms with Crippen LogP contribution in [-0.4, -0.2) is 30.6 Å². The molecule has 2 fully saturated rings. The minimum atomic E-state index is 0.326. The molecule has 1 atom stereocenters. The third kappa shape index (κ3) is 2.45. The van der Waals surface area contributed by atoms with Crippen molar-refractivity contribution in [3.8, 4) is 0 Å². The van der Waals surface area contributed by atoms with Gasteiger partial charge in [0.2, 0.25) is 0 Å². The fraction of sp³-hybridized carbons (Fsp3) is 0.684. The summed E-state index contributed by atoms with van der Waals surface area (Å²) in [5.41, 5.74) is 3.10. The zero-order valence-electron chi connectivity index (χ0n) is 13.6. The first-order valence-corrected chi connectivity index (χ1v) is 9.34. The molecule has 0 amide bonds. The molecule has 2 heterocycles. The summed E-state index contributed by atoms with van der Waals surface area (Å²) in [6, 6.07) is 7.13. The van der Waals surface area contributed by atoms with Crippen LogP contribution < -0.4 is 5.32 Å². The lowest BCUT2D eigenvalue weighted by Gasteiger charge is -2.43. The Hall–Kier alpha value is -0.730. The van der Waals surface area contributed by atoms with E-state index < -0.39 is 0 Å². The summed E-state index contributed by atoms with van der Waals surface area (Å²) in [6.07, 6.45) is 8.32. The van der Waals surface area contributed by atoms with Crippen LogP contribution in [0.4, 0.5) is 5.69 Å². The van der Waals surface area contributed by atoms with Crippen LogP contribution in [0.25, 0.3) is 0 Å². The van der Waals surface area contributed by atoms with Gasteiger partial charge in [0.25, 0.3) is 0 Å². The number of hydrogen-bond donors (Lipinski definition) is 1. The molecule has 1 aliphatic carbocycles. The molecule has 0 bridgehead atoms. The Morgan fingerprint density at radius 3 is 2.68 bits per heavy atom. The Labute approximate surface area is 139 Å². The van der Waals surface area contributed by atoms with E-state index in [0.717, 1.165) is 23.5 Å². The van der Waals surface area contributed by atoms with E-state index in [1.54, 1.807) is 0 Å². The standard InChI is InChI=1S/C19H27ClN2/c1-14(15-4-2-3-5-15)22-10-8-19(9-11-22)13-21-18-7-6-16(20)12-17(18)19/h6-7,12,14-15,21H,2-5,8-11,13H2,1H3.